The maximum atomic E-state index is 10.8. The molecule has 0 radical (unpaired) electrons. The SMILES string of the molecule is Cc1nc(-c2cnccn2)sc1C(O)CNC(C)(C)CC1Cc2ccccc2C1. The van der Waals surface area contributed by atoms with Gasteiger partial charge < -0.3 is 10.4 Å². The summed E-state index contributed by atoms with van der Waals surface area (Å²) in [5.41, 5.74) is 4.54. The summed E-state index contributed by atoms with van der Waals surface area (Å²) >= 11 is 1.49. The number of aliphatic hydroxyl groups is 1. The van der Waals surface area contributed by atoms with Crippen LogP contribution in [0.1, 0.15) is 48.1 Å². The van der Waals surface area contributed by atoms with Gasteiger partial charge in [0, 0.05) is 24.5 Å². The van der Waals surface area contributed by atoms with E-state index in [2.05, 4.69) is 58.4 Å². The number of hydrogen-bond acceptors (Lipinski definition) is 6. The molecular weight excluding hydrogens is 380 g/mol. The van der Waals surface area contributed by atoms with Crippen molar-refractivity contribution in [2.45, 2.75) is 51.7 Å². The van der Waals surface area contributed by atoms with Crippen molar-refractivity contribution >= 4 is 11.3 Å². The van der Waals surface area contributed by atoms with Gasteiger partial charge in [0.05, 0.1) is 16.8 Å². The van der Waals surface area contributed by atoms with Gasteiger partial charge in [0.25, 0.3) is 0 Å². The molecule has 1 aliphatic rings. The van der Waals surface area contributed by atoms with Gasteiger partial charge in [-0.3, -0.25) is 9.97 Å². The van der Waals surface area contributed by atoms with E-state index in [1.54, 1.807) is 18.6 Å². The molecule has 3 aromatic rings. The number of thiazole rings is 1. The van der Waals surface area contributed by atoms with Gasteiger partial charge in [0.15, 0.2) is 0 Å². The van der Waals surface area contributed by atoms with E-state index in [1.807, 2.05) is 6.92 Å². The highest BCUT2D eigenvalue weighted by Gasteiger charge is 2.29. The van der Waals surface area contributed by atoms with Crippen molar-refractivity contribution in [3.8, 4) is 10.7 Å². The first-order valence-corrected chi connectivity index (χ1v) is 11.0. The molecule has 5 nitrogen and oxygen atoms in total. The molecule has 1 atom stereocenters. The van der Waals surface area contributed by atoms with E-state index in [-0.39, 0.29) is 5.54 Å². The van der Waals surface area contributed by atoms with Crippen LogP contribution in [0.15, 0.2) is 42.9 Å². The Kier molecular flexibility index (Phi) is 5.76. The van der Waals surface area contributed by atoms with Crippen LogP contribution >= 0.6 is 11.3 Å². The minimum Gasteiger partial charge on any atom is -0.386 e. The predicted octanol–water partition coefficient (Wildman–Crippen LogP) is 4.12. The third-order valence-electron chi connectivity index (χ3n) is 5.63. The lowest BCUT2D eigenvalue weighted by Gasteiger charge is -2.30. The van der Waals surface area contributed by atoms with Crippen LogP contribution in [0.4, 0.5) is 0 Å². The molecule has 4 rings (SSSR count). The monoisotopic (exact) mass is 408 g/mol. The van der Waals surface area contributed by atoms with Crippen molar-refractivity contribution in [1.29, 1.82) is 0 Å². The zero-order valence-electron chi connectivity index (χ0n) is 17.2. The van der Waals surface area contributed by atoms with Crippen LogP contribution in [0.2, 0.25) is 0 Å². The van der Waals surface area contributed by atoms with Gasteiger partial charge >= 0.3 is 0 Å². The highest BCUT2D eigenvalue weighted by Crippen LogP contribution is 2.33. The molecule has 0 saturated heterocycles. The van der Waals surface area contributed by atoms with Gasteiger partial charge in [0.1, 0.15) is 16.8 Å². The Labute approximate surface area is 176 Å². The standard InChI is InChI=1S/C23H28N4OS/c1-15-21(29-22(27-15)19-13-24-8-9-25-19)20(28)14-26-23(2,3)12-16-10-17-6-4-5-7-18(17)11-16/h4-9,13,16,20,26,28H,10-12,14H2,1-3H3. The number of aromatic nitrogens is 3. The third kappa shape index (κ3) is 4.71. The van der Waals surface area contributed by atoms with Gasteiger partial charge in [-0.05, 0) is 57.1 Å². The summed E-state index contributed by atoms with van der Waals surface area (Å²) in [5.74, 6) is 0.653. The van der Waals surface area contributed by atoms with Crippen LogP contribution in [0.3, 0.4) is 0 Å². The summed E-state index contributed by atoms with van der Waals surface area (Å²) in [5, 5.41) is 15.2. The van der Waals surface area contributed by atoms with Crippen molar-refractivity contribution in [1.82, 2.24) is 20.3 Å². The Hall–Kier alpha value is -2.15. The first-order valence-electron chi connectivity index (χ1n) is 10.1. The summed E-state index contributed by atoms with van der Waals surface area (Å²) in [4.78, 5) is 13.9. The number of nitrogens with zero attached hydrogens (tertiary/aromatic N) is 3. The van der Waals surface area contributed by atoms with E-state index in [4.69, 9.17) is 0 Å². The van der Waals surface area contributed by atoms with E-state index < -0.39 is 6.10 Å². The molecule has 1 aliphatic carbocycles. The summed E-state index contributed by atoms with van der Waals surface area (Å²) in [6, 6.07) is 8.77. The van der Waals surface area contributed by atoms with Gasteiger partial charge in [-0.1, -0.05) is 24.3 Å². The molecule has 2 aromatic heterocycles. The molecule has 1 unspecified atom stereocenters. The van der Waals surface area contributed by atoms with Crippen molar-refractivity contribution in [2.75, 3.05) is 6.54 Å². The van der Waals surface area contributed by atoms with Gasteiger partial charge in [-0.2, -0.15) is 0 Å². The normalized spacial score (nSPS) is 15.4. The van der Waals surface area contributed by atoms with Crippen molar-refractivity contribution in [2.24, 2.45) is 5.92 Å². The second-order valence-electron chi connectivity index (χ2n) is 8.59. The minimum atomic E-state index is -0.585. The number of aryl methyl sites for hydroxylation is 1. The molecule has 6 heteroatoms. The van der Waals surface area contributed by atoms with Crippen LogP contribution in [0, 0.1) is 12.8 Å². The van der Waals surface area contributed by atoms with E-state index in [0.29, 0.717) is 12.5 Å². The molecule has 29 heavy (non-hydrogen) atoms. The molecule has 0 saturated carbocycles. The average Bonchev–Trinajstić information content (AvgIpc) is 3.29. The lowest BCUT2D eigenvalue weighted by Crippen LogP contribution is -2.43. The average molecular weight is 409 g/mol. The van der Waals surface area contributed by atoms with Crippen LogP contribution in [-0.4, -0.2) is 32.1 Å². The molecule has 152 valence electrons. The molecular formula is C23H28N4OS. The Balaban J connectivity index is 1.35. The highest BCUT2D eigenvalue weighted by atomic mass is 32.1. The van der Waals surface area contributed by atoms with Crippen LogP contribution in [0.5, 0.6) is 0 Å². The van der Waals surface area contributed by atoms with Crippen LogP contribution < -0.4 is 5.32 Å². The van der Waals surface area contributed by atoms with Gasteiger partial charge in [-0.25, -0.2) is 4.98 Å². The van der Waals surface area contributed by atoms with Gasteiger partial charge in [0.2, 0.25) is 0 Å². The zero-order valence-corrected chi connectivity index (χ0v) is 18.0. The van der Waals surface area contributed by atoms with Crippen molar-refractivity contribution < 1.29 is 5.11 Å². The van der Waals surface area contributed by atoms with E-state index in [1.165, 1.54) is 22.5 Å². The molecule has 2 heterocycles. The number of fused-ring (bicyclic) bond motifs is 1. The predicted molar refractivity (Wildman–Crippen MR) is 117 cm³/mol. The Bertz CT molecular complexity index is 945. The fraction of sp³-hybridized carbons (Fsp3) is 0.435. The largest absolute Gasteiger partial charge is 0.386 e. The number of hydrogen-bond donors (Lipinski definition) is 2. The van der Waals surface area contributed by atoms with Gasteiger partial charge in [-0.15, -0.1) is 11.3 Å². The zero-order chi connectivity index (χ0) is 20.4. The second-order valence-corrected chi connectivity index (χ2v) is 9.62. The van der Waals surface area contributed by atoms with E-state index in [0.717, 1.165) is 40.5 Å². The molecule has 2 N–H and O–H groups in total. The van der Waals surface area contributed by atoms with Crippen LogP contribution in [-0.2, 0) is 12.8 Å². The Morgan fingerprint density at radius 1 is 1.21 bits per heavy atom. The smallest absolute Gasteiger partial charge is 0.144 e. The number of aliphatic hydroxyl groups excluding tert-OH is 1. The summed E-state index contributed by atoms with van der Waals surface area (Å²) in [6.45, 7) is 6.91. The maximum Gasteiger partial charge on any atom is 0.144 e. The van der Waals surface area contributed by atoms with E-state index >= 15 is 0 Å². The Morgan fingerprint density at radius 3 is 2.59 bits per heavy atom. The number of benzene rings is 1. The molecule has 0 bridgehead atoms. The summed E-state index contributed by atoms with van der Waals surface area (Å²) in [7, 11) is 0. The first kappa shape index (κ1) is 20.1. The molecule has 1 aromatic carbocycles. The molecule has 0 aliphatic heterocycles. The number of β-amino-alcohol motifs (C(OH)–C–C–N with tert-alkyl or cyclic N) is 1. The molecule has 0 fully saturated rings. The van der Waals surface area contributed by atoms with Crippen molar-refractivity contribution in [3.63, 3.8) is 0 Å². The minimum absolute atomic E-state index is 0.0416. The number of nitrogens with one attached hydrogen (secondary N) is 1. The fourth-order valence-electron chi connectivity index (χ4n) is 4.29. The van der Waals surface area contributed by atoms with Crippen molar-refractivity contribution in [3.05, 3.63) is 64.6 Å². The second kappa shape index (κ2) is 8.30. The topological polar surface area (TPSA) is 70.9 Å². The summed E-state index contributed by atoms with van der Waals surface area (Å²) in [6.07, 6.45) is 7.81. The summed E-state index contributed by atoms with van der Waals surface area (Å²) < 4.78 is 0. The lowest BCUT2D eigenvalue weighted by molar-refractivity contribution is 0.157. The fourth-order valence-corrected chi connectivity index (χ4v) is 5.30. The molecule has 0 amide bonds. The maximum absolute atomic E-state index is 10.8. The molecule has 0 spiro atoms. The van der Waals surface area contributed by atoms with E-state index in [9.17, 15) is 5.11 Å². The third-order valence-corrected chi connectivity index (χ3v) is 6.91. The lowest BCUT2D eigenvalue weighted by atomic mass is 9.88. The Morgan fingerprint density at radius 2 is 1.93 bits per heavy atom. The quantitative estimate of drug-likeness (QED) is 0.615. The number of rotatable bonds is 7. The highest BCUT2D eigenvalue weighted by molar-refractivity contribution is 7.15. The first-order chi connectivity index (χ1) is 13.9. The van der Waals surface area contributed by atoms with Crippen LogP contribution in [0.25, 0.3) is 10.7 Å².